The van der Waals surface area contributed by atoms with E-state index in [9.17, 15) is 0 Å². The fourth-order valence-electron chi connectivity index (χ4n) is 3.77. The molecule has 0 radical (unpaired) electrons. The molecule has 0 spiro atoms. The SMILES string of the molecule is NNc1nc(N2CC3CCCC3C2)c2ccccc2n1. The lowest BCUT2D eigenvalue weighted by Crippen LogP contribution is -2.23. The molecule has 3 N–H and O–H groups in total. The molecule has 20 heavy (non-hydrogen) atoms. The maximum atomic E-state index is 5.51. The number of para-hydroxylation sites is 1. The summed E-state index contributed by atoms with van der Waals surface area (Å²) in [6.45, 7) is 2.24. The first kappa shape index (κ1) is 11.9. The predicted octanol–water partition coefficient (Wildman–Crippen LogP) is 2.15. The number of hydrazine groups is 1. The first-order valence-electron chi connectivity index (χ1n) is 7.33. The van der Waals surface area contributed by atoms with Crippen molar-refractivity contribution in [2.75, 3.05) is 23.4 Å². The Labute approximate surface area is 118 Å². The minimum atomic E-state index is 0.496. The van der Waals surface area contributed by atoms with Gasteiger partial charge in [-0.1, -0.05) is 18.6 Å². The number of hydrogen-bond donors (Lipinski definition) is 2. The first-order chi connectivity index (χ1) is 9.85. The quantitative estimate of drug-likeness (QED) is 0.646. The highest BCUT2D eigenvalue weighted by molar-refractivity contribution is 5.90. The van der Waals surface area contributed by atoms with Crippen molar-refractivity contribution in [1.82, 2.24) is 9.97 Å². The van der Waals surface area contributed by atoms with Gasteiger partial charge in [-0.05, 0) is 36.8 Å². The number of rotatable bonds is 2. The topological polar surface area (TPSA) is 67.1 Å². The van der Waals surface area contributed by atoms with Crippen LogP contribution in [0.1, 0.15) is 19.3 Å². The Bertz CT molecular complexity index is 629. The molecule has 104 valence electrons. The molecule has 1 aromatic carbocycles. The van der Waals surface area contributed by atoms with Crippen molar-refractivity contribution >= 4 is 22.7 Å². The summed E-state index contributed by atoms with van der Waals surface area (Å²) in [6.07, 6.45) is 4.13. The van der Waals surface area contributed by atoms with Crippen LogP contribution >= 0.6 is 0 Å². The van der Waals surface area contributed by atoms with Crippen LogP contribution in [0.3, 0.4) is 0 Å². The van der Waals surface area contributed by atoms with Crippen LogP contribution < -0.4 is 16.2 Å². The molecule has 2 fully saturated rings. The number of nitrogens with zero attached hydrogens (tertiary/aromatic N) is 3. The number of anilines is 2. The molecule has 1 aromatic heterocycles. The fourth-order valence-corrected chi connectivity index (χ4v) is 3.77. The van der Waals surface area contributed by atoms with Crippen molar-refractivity contribution in [1.29, 1.82) is 0 Å². The van der Waals surface area contributed by atoms with E-state index in [2.05, 4.69) is 26.4 Å². The average molecular weight is 269 g/mol. The van der Waals surface area contributed by atoms with Crippen LogP contribution in [-0.4, -0.2) is 23.1 Å². The zero-order valence-electron chi connectivity index (χ0n) is 11.4. The van der Waals surface area contributed by atoms with Crippen LogP contribution in [0.5, 0.6) is 0 Å². The van der Waals surface area contributed by atoms with Crippen LogP contribution in [0.25, 0.3) is 10.9 Å². The third-order valence-corrected chi connectivity index (χ3v) is 4.74. The van der Waals surface area contributed by atoms with Crippen LogP contribution in [-0.2, 0) is 0 Å². The van der Waals surface area contributed by atoms with Gasteiger partial charge in [-0.25, -0.2) is 10.8 Å². The molecule has 2 heterocycles. The van der Waals surface area contributed by atoms with E-state index in [1.54, 1.807) is 0 Å². The molecule has 5 heteroatoms. The van der Waals surface area contributed by atoms with E-state index in [4.69, 9.17) is 5.84 Å². The zero-order valence-corrected chi connectivity index (χ0v) is 11.4. The number of nitrogens with one attached hydrogen (secondary N) is 1. The summed E-state index contributed by atoms with van der Waals surface area (Å²) in [7, 11) is 0. The Balaban J connectivity index is 1.78. The van der Waals surface area contributed by atoms with Gasteiger partial charge in [0.25, 0.3) is 0 Å². The van der Waals surface area contributed by atoms with Crippen molar-refractivity contribution < 1.29 is 0 Å². The Morgan fingerprint density at radius 1 is 1.10 bits per heavy atom. The van der Waals surface area contributed by atoms with Crippen molar-refractivity contribution in [3.05, 3.63) is 24.3 Å². The summed E-state index contributed by atoms with van der Waals surface area (Å²) >= 11 is 0. The molecule has 2 atom stereocenters. The van der Waals surface area contributed by atoms with Gasteiger partial charge in [0.1, 0.15) is 5.82 Å². The van der Waals surface area contributed by atoms with Gasteiger partial charge in [0, 0.05) is 18.5 Å². The standard InChI is InChI=1S/C15H19N5/c16-19-15-17-13-7-2-1-6-12(13)14(18-15)20-8-10-4-3-5-11(10)9-20/h1-2,6-7,10-11H,3-5,8-9,16H2,(H,17,18,19). The van der Waals surface area contributed by atoms with E-state index in [0.717, 1.165) is 41.6 Å². The lowest BCUT2D eigenvalue weighted by atomic mass is 10.0. The van der Waals surface area contributed by atoms with Crippen LogP contribution in [0.4, 0.5) is 11.8 Å². The Morgan fingerprint density at radius 3 is 2.60 bits per heavy atom. The lowest BCUT2D eigenvalue weighted by molar-refractivity contribution is 0.494. The normalized spacial score (nSPS) is 25.1. The molecule has 1 aliphatic carbocycles. The first-order valence-corrected chi connectivity index (χ1v) is 7.33. The minimum Gasteiger partial charge on any atom is -0.355 e. The van der Waals surface area contributed by atoms with Gasteiger partial charge in [-0.15, -0.1) is 0 Å². The summed E-state index contributed by atoms with van der Waals surface area (Å²) in [5.41, 5.74) is 3.53. The van der Waals surface area contributed by atoms with E-state index in [0.29, 0.717) is 5.95 Å². The molecule has 1 saturated heterocycles. The van der Waals surface area contributed by atoms with E-state index in [-0.39, 0.29) is 0 Å². The molecule has 2 unspecified atom stereocenters. The van der Waals surface area contributed by atoms with Crippen LogP contribution in [0.2, 0.25) is 0 Å². The minimum absolute atomic E-state index is 0.496. The predicted molar refractivity (Wildman–Crippen MR) is 80.4 cm³/mol. The van der Waals surface area contributed by atoms with Crippen molar-refractivity contribution in [2.24, 2.45) is 17.7 Å². The largest absolute Gasteiger partial charge is 0.355 e. The molecule has 0 bridgehead atoms. The van der Waals surface area contributed by atoms with E-state index in [1.807, 2.05) is 18.2 Å². The number of aromatic nitrogens is 2. The highest BCUT2D eigenvalue weighted by Crippen LogP contribution is 2.40. The monoisotopic (exact) mass is 269 g/mol. The molecular formula is C15H19N5. The Kier molecular flexibility index (Phi) is 2.73. The second kappa shape index (κ2) is 4.59. The lowest BCUT2D eigenvalue weighted by Gasteiger charge is -2.20. The summed E-state index contributed by atoms with van der Waals surface area (Å²) in [5.74, 6) is 8.72. The second-order valence-electron chi connectivity index (χ2n) is 5.89. The van der Waals surface area contributed by atoms with Gasteiger partial charge in [-0.2, -0.15) is 4.98 Å². The summed E-state index contributed by atoms with van der Waals surface area (Å²) < 4.78 is 0. The molecule has 0 amide bonds. The van der Waals surface area contributed by atoms with Crippen molar-refractivity contribution in [3.8, 4) is 0 Å². The molecule has 4 rings (SSSR count). The highest BCUT2D eigenvalue weighted by Gasteiger charge is 2.37. The number of nitrogens with two attached hydrogens (primary N) is 1. The Hall–Kier alpha value is -1.88. The summed E-state index contributed by atoms with van der Waals surface area (Å²) in [6, 6.07) is 8.15. The van der Waals surface area contributed by atoms with Crippen LogP contribution in [0, 0.1) is 11.8 Å². The van der Waals surface area contributed by atoms with Gasteiger partial charge in [0.2, 0.25) is 5.95 Å². The van der Waals surface area contributed by atoms with Crippen molar-refractivity contribution in [2.45, 2.75) is 19.3 Å². The maximum Gasteiger partial charge on any atom is 0.239 e. The van der Waals surface area contributed by atoms with Gasteiger partial charge in [0.15, 0.2) is 0 Å². The van der Waals surface area contributed by atoms with E-state index in [1.165, 1.54) is 19.3 Å². The zero-order chi connectivity index (χ0) is 13.5. The number of hydrogen-bond acceptors (Lipinski definition) is 5. The summed E-state index contributed by atoms with van der Waals surface area (Å²) in [5, 5.41) is 1.12. The van der Waals surface area contributed by atoms with Gasteiger partial charge < -0.3 is 4.90 Å². The molecule has 2 aliphatic rings. The van der Waals surface area contributed by atoms with Crippen LogP contribution in [0.15, 0.2) is 24.3 Å². The third-order valence-electron chi connectivity index (χ3n) is 4.74. The second-order valence-corrected chi connectivity index (χ2v) is 5.89. The molecule has 5 nitrogen and oxygen atoms in total. The van der Waals surface area contributed by atoms with Gasteiger partial charge in [0.05, 0.1) is 5.52 Å². The summed E-state index contributed by atoms with van der Waals surface area (Å²) in [4.78, 5) is 11.4. The van der Waals surface area contributed by atoms with Crippen molar-refractivity contribution in [3.63, 3.8) is 0 Å². The smallest absolute Gasteiger partial charge is 0.239 e. The molecule has 2 aromatic rings. The maximum absolute atomic E-state index is 5.51. The molecule has 1 saturated carbocycles. The molecule has 1 aliphatic heterocycles. The van der Waals surface area contributed by atoms with E-state index >= 15 is 0 Å². The fraction of sp³-hybridized carbons (Fsp3) is 0.467. The number of fused-ring (bicyclic) bond motifs is 2. The van der Waals surface area contributed by atoms with Gasteiger partial charge >= 0.3 is 0 Å². The number of benzene rings is 1. The highest BCUT2D eigenvalue weighted by atomic mass is 15.3. The molecular weight excluding hydrogens is 250 g/mol. The Morgan fingerprint density at radius 2 is 1.85 bits per heavy atom. The third kappa shape index (κ3) is 1.81. The van der Waals surface area contributed by atoms with E-state index < -0.39 is 0 Å². The number of nitrogen functional groups attached to an aromatic ring is 1. The van der Waals surface area contributed by atoms with Gasteiger partial charge in [-0.3, -0.25) is 5.43 Å². The average Bonchev–Trinajstić information content (AvgIpc) is 3.07.